The van der Waals surface area contributed by atoms with Crippen LogP contribution in [0, 0.1) is 0 Å². The monoisotopic (exact) mass is 442 g/mol. The van der Waals surface area contributed by atoms with Crippen LogP contribution in [-0.2, 0) is 22.5 Å². The lowest BCUT2D eigenvalue weighted by molar-refractivity contribution is -0.116. The van der Waals surface area contributed by atoms with E-state index in [-0.39, 0.29) is 5.91 Å². The lowest BCUT2D eigenvalue weighted by atomic mass is 10.2. The molecule has 1 amide bonds. The topological polar surface area (TPSA) is 60.2 Å². The molecule has 0 N–H and O–H groups in total. The number of carbonyl (C=O) groups excluding carboxylic acids is 1. The average Bonchev–Trinajstić information content (AvgIpc) is 3.37. The Hall–Kier alpha value is -2.35. The van der Waals surface area contributed by atoms with Gasteiger partial charge in [0, 0.05) is 38.1 Å². The van der Waals surface area contributed by atoms with Crippen LogP contribution in [0.5, 0.6) is 0 Å². The molecule has 3 aromatic rings. The van der Waals surface area contributed by atoms with E-state index in [1.54, 1.807) is 7.11 Å². The molecule has 1 aliphatic rings. The second-order valence-electron chi connectivity index (χ2n) is 7.00. The first-order chi connectivity index (χ1) is 14.7. The molecule has 0 radical (unpaired) electrons. The lowest BCUT2D eigenvalue weighted by Gasteiger charge is -2.17. The van der Waals surface area contributed by atoms with Crippen molar-refractivity contribution in [3.8, 4) is 11.4 Å². The summed E-state index contributed by atoms with van der Waals surface area (Å²) in [5.74, 6) is 1.09. The molecule has 4 rings (SSSR count). The SMILES string of the molecule is COCCCn1c(SCC(=O)N2CCc3ccccc32)nnc1-c1ccccc1Cl. The molecule has 2 heterocycles. The van der Waals surface area contributed by atoms with E-state index < -0.39 is 0 Å². The maximum atomic E-state index is 12.9. The van der Waals surface area contributed by atoms with Crippen LogP contribution in [0.3, 0.4) is 0 Å². The van der Waals surface area contributed by atoms with E-state index in [2.05, 4.69) is 16.3 Å². The molecule has 2 aromatic carbocycles. The van der Waals surface area contributed by atoms with Crippen LogP contribution in [0.1, 0.15) is 12.0 Å². The molecule has 8 heteroatoms. The van der Waals surface area contributed by atoms with E-state index in [0.29, 0.717) is 34.9 Å². The fraction of sp³-hybridized carbons (Fsp3) is 0.318. The lowest BCUT2D eigenvalue weighted by Crippen LogP contribution is -2.30. The van der Waals surface area contributed by atoms with E-state index in [1.165, 1.54) is 17.3 Å². The van der Waals surface area contributed by atoms with Gasteiger partial charge in [0.2, 0.25) is 5.91 Å². The Balaban J connectivity index is 1.52. The van der Waals surface area contributed by atoms with Gasteiger partial charge in [0.1, 0.15) is 0 Å². The predicted molar refractivity (Wildman–Crippen MR) is 120 cm³/mol. The maximum absolute atomic E-state index is 12.9. The molecule has 30 heavy (non-hydrogen) atoms. The number of ether oxygens (including phenoxy) is 1. The Morgan fingerprint density at radius 3 is 2.80 bits per heavy atom. The Morgan fingerprint density at radius 1 is 1.17 bits per heavy atom. The second kappa shape index (κ2) is 9.64. The number of thioether (sulfide) groups is 1. The van der Waals surface area contributed by atoms with E-state index in [1.807, 2.05) is 51.9 Å². The highest BCUT2D eigenvalue weighted by atomic mass is 35.5. The van der Waals surface area contributed by atoms with Crippen molar-refractivity contribution in [1.29, 1.82) is 0 Å². The summed E-state index contributed by atoms with van der Waals surface area (Å²) in [4.78, 5) is 14.8. The summed E-state index contributed by atoms with van der Waals surface area (Å²) in [7, 11) is 1.68. The van der Waals surface area contributed by atoms with Gasteiger partial charge in [-0.3, -0.25) is 4.79 Å². The Morgan fingerprint density at radius 2 is 1.97 bits per heavy atom. The molecule has 0 aliphatic carbocycles. The van der Waals surface area contributed by atoms with E-state index in [0.717, 1.165) is 30.6 Å². The predicted octanol–water partition coefficient (Wildman–Crippen LogP) is 4.32. The van der Waals surface area contributed by atoms with Gasteiger partial charge in [0.05, 0.1) is 10.8 Å². The molecular formula is C22H23ClN4O2S. The summed E-state index contributed by atoms with van der Waals surface area (Å²) in [6.45, 7) is 2.04. The van der Waals surface area contributed by atoms with Crippen LogP contribution in [0.4, 0.5) is 5.69 Å². The van der Waals surface area contributed by atoms with Gasteiger partial charge in [-0.05, 0) is 36.6 Å². The maximum Gasteiger partial charge on any atom is 0.237 e. The number of benzene rings is 2. The van der Waals surface area contributed by atoms with Gasteiger partial charge in [0.15, 0.2) is 11.0 Å². The molecule has 0 atom stereocenters. The third kappa shape index (κ3) is 4.38. The van der Waals surface area contributed by atoms with Crippen LogP contribution in [-0.4, -0.2) is 46.7 Å². The number of carbonyl (C=O) groups is 1. The minimum Gasteiger partial charge on any atom is -0.385 e. The van der Waals surface area contributed by atoms with Crippen molar-refractivity contribution in [1.82, 2.24) is 14.8 Å². The molecule has 0 spiro atoms. The molecule has 0 saturated heterocycles. The summed E-state index contributed by atoms with van der Waals surface area (Å²) in [5.41, 5.74) is 3.07. The highest BCUT2D eigenvalue weighted by molar-refractivity contribution is 7.99. The van der Waals surface area contributed by atoms with Crippen LogP contribution in [0.25, 0.3) is 11.4 Å². The Bertz CT molecular complexity index is 1040. The number of amides is 1. The van der Waals surface area contributed by atoms with E-state index in [4.69, 9.17) is 16.3 Å². The van der Waals surface area contributed by atoms with Crippen molar-refractivity contribution < 1.29 is 9.53 Å². The fourth-order valence-corrected chi connectivity index (χ4v) is 4.67. The number of aromatic nitrogens is 3. The Kier molecular flexibility index (Phi) is 6.72. The van der Waals surface area contributed by atoms with Gasteiger partial charge < -0.3 is 14.2 Å². The molecule has 1 aromatic heterocycles. The zero-order valence-corrected chi connectivity index (χ0v) is 18.3. The number of hydrogen-bond donors (Lipinski definition) is 0. The summed E-state index contributed by atoms with van der Waals surface area (Å²) >= 11 is 7.80. The zero-order valence-electron chi connectivity index (χ0n) is 16.8. The highest BCUT2D eigenvalue weighted by Gasteiger charge is 2.25. The standard InChI is InChI=1S/C22H23ClN4O2S/c1-29-14-6-12-27-21(17-8-3-4-9-18(17)23)24-25-22(27)30-15-20(28)26-13-11-16-7-2-5-10-19(16)26/h2-5,7-10H,6,11-15H2,1H3. The molecule has 6 nitrogen and oxygen atoms in total. The number of anilines is 1. The quantitative estimate of drug-likeness (QED) is 0.384. The van der Waals surface area contributed by atoms with Gasteiger partial charge in [-0.2, -0.15) is 0 Å². The normalized spacial score (nSPS) is 12.9. The van der Waals surface area contributed by atoms with Crippen molar-refractivity contribution in [3.05, 3.63) is 59.1 Å². The number of methoxy groups -OCH3 is 1. The van der Waals surface area contributed by atoms with Crippen molar-refractivity contribution in [2.24, 2.45) is 0 Å². The van der Waals surface area contributed by atoms with E-state index >= 15 is 0 Å². The van der Waals surface area contributed by atoms with Gasteiger partial charge >= 0.3 is 0 Å². The number of rotatable bonds is 8. The molecule has 156 valence electrons. The first kappa shape index (κ1) is 20.9. The van der Waals surface area contributed by atoms with Crippen molar-refractivity contribution >= 4 is 35.0 Å². The van der Waals surface area contributed by atoms with Gasteiger partial charge in [-0.15, -0.1) is 10.2 Å². The third-order valence-electron chi connectivity index (χ3n) is 5.07. The first-order valence-electron chi connectivity index (χ1n) is 9.87. The summed E-state index contributed by atoms with van der Waals surface area (Å²) in [5, 5.41) is 10.1. The zero-order chi connectivity index (χ0) is 20.9. The van der Waals surface area contributed by atoms with Crippen LogP contribution >= 0.6 is 23.4 Å². The number of nitrogens with zero attached hydrogens (tertiary/aromatic N) is 4. The van der Waals surface area contributed by atoms with Crippen molar-refractivity contribution in [3.63, 3.8) is 0 Å². The number of fused-ring (bicyclic) bond motifs is 1. The molecule has 0 unspecified atom stereocenters. The summed E-state index contributed by atoms with van der Waals surface area (Å²) in [6, 6.07) is 15.7. The van der Waals surface area contributed by atoms with Crippen LogP contribution in [0.2, 0.25) is 5.02 Å². The summed E-state index contributed by atoms with van der Waals surface area (Å²) in [6.07, 6.45) is 1.71. The molecular weight excluding hydrogens is 420 g/mol. The first-order valence-corrected chi connectivity index (χ1v) is 11.2. The number of halogens is 1. The molecule has 0 fully saturated rings. The molecule has 0 bridgehead atoms. The van der Waals surface area contributed by atoms with Crippen LogP contribution < -0.4 is 4.90 Å². The fourth-order valence-electron chi connectivity index (χ4n) is 3.61. The van der Waals surface area contributed by atoms with Crippen LogP contribution in [0.15, 0.2) is 53.7 Å². The van der Waals surface area contributed by atoms with Crippen molar-refractivity contribution in [2.45, 2.75) is 24.5 Å². The number of hydrogen-bond acceptors (Lipinski definition) is 5. The molecule has 1 aliphatic heterocycles. The van der Waals surface area contributed by atoms with Gasteiger partial charge in [-0.1, -0.05) is 53.7 Å². The minimum absolute atomic E-state index is 0.0793. The van der Waals surface area contributed by atoms with Crippen molar-refractivity contribution in [2.75, 3.05) is 30.9 Å². The summed E-state index contributed by atoms with van der Waals surface area (Å²) < 4.78 is 7.22. The minimum atomic E-state index is 0.0793. The third-order valence-corrected chi connectivity index (χ3v) is 6.36. The average molecular weight is 443 g/mol. The Labute approximate surface area is 185 Å². The largest absolute Gasteiger partial charge is 0.385 e. The highest BCUT2D eigenvalue weighted by Crippen LogP contribution is 2.31. The molecule has 0 saturated carbocycles. The van der Waals surface area contributed by atoms with E-state index in [9.17, 15) is 4.79 Å². The van der Waals surface area contributed by atoms with Gasteiger partial charge in [-0.25, -0.2) is 0 Å². The smallest absolute Gasteiger partial charge is 0.237 e. The van der Waals surface area contributed by atoms with Gasteiger partial charge in [0.25, 0.3) is 0 Å². The number of para-hydroxylation sites is 1. The second-order valence-corrected chi connectivity index (χ2v) is 8.35.